The van der Waals surface area contributed by atoms with E-state index < -0.39 is 7.12 Å². The summed E-state index contributed by atoms with van der Waals surface area (Å²) in [6.07, 6.45) is 2.53. The van der Waals surface area contributed by atoms with Crippen LogP contribution in [0.5, 0.6) is 0 Å². The fourth-order valence-electron chi connectivity index (χ4n) is 1.06. The standard InChI is InChI=1S/C9H12BNO2S/c12-10(13)7-1-5-9(6-2-7)14-11-8-3-4-8/h1-2,5-6,8,11-13H,3-4H2. The average molecular weight is 209 g/mol. The van der Waals surface area contributed by atoms with Crippen molar-refractivity contribution in [3.8, 4) is 0 Å². The van der Waals surface area contributed by atoms with E-state index in [1.807, 2.05) is 12.1 Å². The van der Waals surface area contributed by atoms with Crippen LogP contribution in [-0.2, 0) is 0 Å². The molecule has 1 saturated carbocycles. The quantitative estimate of drug-likeness (QED) is 0.487. The second kappa shape index (κ2) is 4.36. The Hall–Kier alpha value is -0.485. The maximum absolute atomic E-state index is 8.88. The third-order valence-electron chi connectivity index (χ3n) is 2.10. The summed E-state index contributed by atoms with van der Waals surface area (Å²) in [5.41, 5.74) is 0.528. The Balaban J connectivity index is 1.91. The first kappa shape index (κ1) is 10.0. The molecule has 0 amide bonds. The smallest absolute Gasteiger partial charge is 0.423 e. The van der Waals surface area contributed by atoms with Crippen LogP contribution in [0, 0.1) is 0 Å². The van der Waals surface area contributed by atoms with Gasteiger partial charge in [-0.1, -0.05) is 12.1 Å². The van der Waals surface area contributed by atoms with Crippen molar-refractivity contribution in [1.82, 2.24) is 4.72 Å². The molecule has 5 heteroatoms. The first-order valence-electron chi connectivity index (χ1n) is 4.64. The van der Waals surface area contributed by atoms with Crippen molar-refractivity contribution in [3.63, 3.8) is 0 Å². The molecule has 3 N–H and O–H groups in total. The van der Waals surface area contributed by atoms with Crippen molar-refractivity contribution in [3.05, 3.63) is 24.3 Å². The van der Waals surface area contributed by atoms with Gasteiger partial charge in [0.25, 0.3) is 0 Å². The topological polar surface area (TPSA) is 52.5 Å². The Labute approximate surface area is 87.8 Å². The van der Waals surface area contributed by atoms with E-state index >= 15 is 0 Å². The molecule has 1 aliphatic carbocycles. The van der Waals surface area contributed by atoms with Crippen molar-refractivity contribution >= 4 is 24.5 Å². The maximum atomic E-state index is 8.88. The Morgan fingerprint density at radius 1 is 1.21 bits per heavy atom. The van der Waals surface area contributed by atoms with Crippen LogP contribution in [0.2, 0.25) is 0 Å². The molecule has 0 heterocycles. The highest BCUT2D eigenvalue weighted by Crippen LogP contribution is 2.24. The van der Waals surface area contributed by atoms with Gasteiger partial charge in [0.2, 0.25) is 0 Å². The van der Waals surface area contributed by atoms with Gasteiger partial charge >= 0.3 is 7.12 Å². The highest BCUT2D eigenvalue weighted by Gasteiger charge is 2.20. The molecule has 2 rings (SSSR count). The zero-order valence-corrected chi connectivity index (χ0v) is 8.50. The molecule has 0 bridgehead atoms. The van der Waals surface area contributed by atoms with Crippen LogP contribution in [0.15, 0.2) is 29.2 Å². The maximum Gasteiger partial charge on any atom is 0.488 e. The van der Waals surface area contributed by atoms with Gasteiger partial charge in [0.05, 0.1) is 0 Å². The third kappa shape index (κ3) is 2.75. The summed E-state index contributed by atoms with van der Waals surface area (Å²) < 4.78 is 3.31. The van der Waals surface area contributed by atoms with Gasteiger partial charge in [0, 0.05) is 10.9 Å². The van der Waals surface area contributed by atoms with E-state index in [4.69, 9.17) is 10.0 Å². The Morgan fingerprint density at radius 3 is 2.36 bits per heavy atom. The first-order valence-corrected chi connectivity index (χ1v) is 5.46. The minimum Gasteiger partial charge on any atom is -0.423 e. The lowest BCUT2D eigenvalue weighted by Gasteiger charge is -2.03. The monoisotopic (exact) mass is 209 g/mol. The number of nitrogens with one attached hydrogen (secondary N) is 1. The van der Waals surface area contributed by atoms with Gasteiger partial charge in [0.1, 0.15) is 0 Å². The molecular formula is C9H12BNO2S. The minimum atomic E-state index is -1.37. The van der Waals surface area contributed by atoms with Gasteiger partial charge in [-0.2, -0.15) is 0 Å². The fourth-order valence-corrected chi connectivity index (χ4v) is 1.87. The number of benzene rings is 1. The fraction of sp³-hybridized carbons (Fsp3) is 0.333. The molecule has 0 radical (unpaired) electrons. The van der Waals surface area contributed by atoms with Gasteiger partial charge in [-0.15, -0.1) is 0 Å². The molecule has 0 aliphatic heterocycles. The molecule has 14 heavy (non-hydrogen) atoms. The zero-order chi connectivity index (χ0) is 9.97. The molecule has 1 aromatic carbocycles. The zero-order valence-electron chi connectivity index (χ0n) is 7.68. The van der Waals surface area contributed by atoms with Crippen molar-refractivity contribution in [2.45, 2.75) is 23.8 Å². The van der Waals surface area contributed by atoms with Gasteiger partial charge in [-0.05, 0) is 42.4 Å². The second-order valence-corrected chi connectivity index (χ2v) is 4.35. The van der Waals surface area contributed by atoms with E-state index in [9.17, 15) is 0 Å². The van der Waals surface area contributed by atoms with Crippen LogP contribution < -0.4 is 10.2 Å². The van der Waals surface area contributed by atoms with E-state index in [-0.39, 0.29) is 0 Å². The van der Waals surface area contributed by atoms with Gasteiger partial charge < -0.3 is 10.0 Å². The van der Waals surface area contributed by atoms with Crippen molar-refractivity contribution in [2.24, 2.45) is 0 Å². The van der Waals surface area contributed by atoms with Crippen LogP contribution in [-0.4, -0.2) is 23.2 Å². The van der Waals surface area contributed by atoms with Crippen LogP contribution >= 0.6 is 11.9 Å². The molecule has 74 valence electrons. The molecule has 0 unspecified atom stereocenters. The van der Waals surface area contributed by atoms with Crippen LogP contribution in [0.1, 0.15) is 12.8 Å². The van der Waals surface area contributed by atoms with E-state index in [1.54, 1.807) is 24.1 Å². The largest absolute Gasteiger partial charge is 0.488 e. The minimum absolute atomic E-state index is 0.528. The predicted octanol–water partition coefficient (Wildman–Crippen LogP) is 0.125. The summed E-state index contributed by atoms with van der Waals surface area (Å²) >= 11 is 1.60. The lowest BCUT2D eigenvalue weighted by Crippen LogP contribution is -2.29. The summed E-state index contributed by atoms with van der Waals surface area (Å²) in [6, 6.07) is 7.88. The lowest BCUT2D eigenvalue weighted by atomic mass is 9.81. The lowest BCUT2D eigenvalue weighted by molar-refractivity contribution is 0.426. The van der Waals surface area contributed by atoms with Crippen molar-refractivity contribution in [2.75, 3.05) is 0 Å². The van der Waals surface area contributed by atoms with Gasteiger partial charge in [0.15, 0.2) is 0 Å². The molecule has 1 fully saturated rings. The molecule has 1 aliphatic rings. The summed E-state index contributed by atoms with van der Waals surface area (Å²) in [5.74, 6) is 0. The number of hydrogen-bond acceptors (Lipinski definition) is 4. The number of hydrogen-bond donors (Lipinski definition) is 3. The van der Waals surface area contributed by atoms with Crippen LogP contribution in [0.3, 0.4) is 0 Å². The Morgan fingerprint density at radius 2 is 1.86 bits per heavy atom. The Bertz CT molecular complexity index is 300. The van der Waals surface area contributed by atoms with Crippen molar-refractivity contribution in [1.29, 1.82) is 0 Å². The highest BCUT2D eigenvalue weighted by molar-refractivity contribution is 7.97. The Kier molecular flexibility index (Phi) is 3.13. The molecule has 0 spiro atoms. The first-order chi connectivity index (χ1) is 6.75. The summed E-state index contributed by atoms with van der Waals surface area (Å²) in [6.45, 7) is 0. The highest BCUT2D eigenvalue weighted by atomic mass is 32.2. The van der Waals surface area contributed by atoms with E-state index in [0.717, 1.165) is 4.90 Å². The van der Waals surface area contributed by atoms with Crippen LogP contribution in [0.25, 0.3) is 0 Å². The molecule has 1 aromatic rings. The van der Waals surface area contributed by atoms with Crippen molar-refractivity contribution < 1.29 is 10.0 Å². The third-order valence-corrected chi connectivity index (χ3v) is 3.06. The summed E-state index contributed by atoms with van der Waals surface area (Å²) in [4.78, 5) is 1.10. The predicted molar refractivity (Wildman–Crippen MR) is 58.3 cm³/mol. The SMILES string of the molecule is OB(O)c1ccc(SNC2CC2)cc1. The van der Waals surface area contributed by atoms with E-state index in [2.05, 4.69) is 4.72 Å². The summed E-state index contributed by atoms with van der Waals surface area (Å²) in [5, 5.41) is 17.8. The molecule has 0 saturated heterocycles. The van der Waals surface area contributed by atoms with E-state index in [0.29, 0.717) is 11.5 Å². The normalized spacial score (nSPS) is 15.6. The number of rotatable bonds is 4. The van der Waals surface area contributed by atoms with Gasteiger partial charge in [-0.25, -0.2) is 0 Å². The van der Waals surface area contributed by atoms with Crippen LogP contribution in [0.4, 0.5) is 0 Å². The average Bonchev–Trinajstić information content (AvgIpc) is 2.99. The van der Waals surface area contributed by atoms with Gasteiger partial charge in [-0.3, -0.25) is 4.72 Å². The summed E-state index contributed by atoms with van der Waals surface area (Å²) in [7, 11) is -1.37. The molecule has 0 aromatic heterocycles. The molecule has 0 atom stereocenters. The molecular weight excluding hydrogens is 197 g/mol. The second-order valence-electron chi connectivity index (χ2n) is 3.44. The molecule has 3 nitrogen and oxygen atoms in total. The van der Waals surface area contributed by atoms with E-state index in [1.165, 1.54) is 12.8 Å².